The number of aryl methyl sites for hydroxylation is 1. The van der Waals surface area contributed by atoms with Gasteiger partial charge in [0.05, 0.1) is 12.2 Å². The van der Waals surface area contributed by atoms with Gasteiger partial charge in [-0.15, -0.1) is 0 Å². The fourth-order valence-electron chi connectivity index (χ4n) is 3.64. The van der Waals surface area contributed by atoms with Crippen molar-refractivity contribution in [3.8, 4) is 0 Å². The molecule has 146 valence electrons. The molecule has 0 spiro atoms. The van der Waals surface area contributed by atoms with Crippen LogP contribution in [0.1, 0.15) is 41.4 Å². The molecule has 1 saturated heterocycles. The summed E-state index contributed by atoms with van der Waals surface area (Å²) in [6, 6.07) is 6.00. The van der Waals surface area contributed by atoms with Crippen LogP contribution in [-0.4, -0.2) is 41.5 Å². The number of nitrogens with zero attached hydrogens (tertiary/aromatic N) is 3. The third-order valence-corrected chi connectivity index (χ3v) is 5.29. The van der Waals surface area contributed by atoms with Crippen molar-refractivity contribution in [2.24, 2.45) is 7.05 Å². The topological polar surface area (TPSA) is 59.4 Å². The summed E-state index contributed by atoms with van der Waals surface area (Å²) in [6.07, 6.45) is 3.83. The third-order valence-electron chi connectivity index (χ3n) is 5.07. The van der Waals surface area contributed by atoms with Gasteiger partial charge in [-0.05, 0) is 50.5 Å². The second-order valence-corrected chi connectivity index (χ2v) is 7.33. The zero-order chi connectivity index (χ0) is 19.4. The molecule has 0 unspecified atom stereocenters. The second kappa shape index (κ2) is 8.76. The van der Waals surface area contributed by atoms with E-state index in [4.69, 9.17) is 16.3 Å². The van der Waals surface area contributed by atoms with Crippen LogP contribution in [0.5, 0.6) is 0 Å². The fraction of sp³-hybridized carbons (Fsp3) is 0.500. The second-order valence-electron chi connectivity index (χ2n) is 6.89. The Kier molecular flexibility index (Phi) is 6.39. The van der Waals surface area contributed by atoms with Gasteiger partial charge in [-0.3, -0.25) is 9.48 Å². The summed E-state index contributed by atoms with van der Waals surface area (Å²) in [5.74, 6) is -0.134. The van der Waals surface area contributed by atoms with Gasteiger partial charge in [0.1, 0.15) is 0 Å². The standard InChI is InChI=1S/C20H27ClN4O2/c1-4-25(17-6-9-27-10-7-17)19-12-15(21)11-18(14(19)2)20(26)22-13-16-5-8-24(3)23-16/h5,8,11-12,17H,4,6-7,9-10,13H2,1-3H3,(H,22,26). The molecule has 0 aliphatic carbocycles. The van der Waals surface area contributed by atoms with Crippen LogP contribution in [-0.2, 0) is 18.3 Å². The highest BCUT2D eigenvalue weighted by Crippen LogP contribution is 2.31. The minimum Gasteiger partial charge on any atom is -0.381 e. The molecule has 3 rings (SSSR count). The number of rotatable bonds is 6. The van der Waals surface area contributed by atoms with Gasteiger partial charge < -0.3 is 15.0 Å². The molecule has 0 bridgehead atoms. The summed E-state index contributed by atoms with van der Waals surface area (Å²) in [5.41, 5.74) is 3.41. The van der Waals surface area contributed by atoms with Crippen molar-refractivity contribution in [2.75, 3.05) is 24.7 Å². The molecule has 0 atom stereocenters. The first-order valence-corrected chi connectivity index (χ1v) is 9.78. The number of anilines is 1. The molecule has 1 amide bonds. The molecule has 1 aromatic carbocycles. The number of ether oxygens (including phenoxy) is 1. The molecule has 2 heterocycles. The number of halogens is 1. The number of amides is 1. The predicted molar refractivity (Wildman–Crippen MR) is 107 cm³/mol. The molecule has 7 heteroatoms. The molecule has 1 aliphatic heterocycles. The van der Waals surface area contributed by atoms with Crippen LogP contribution in [0.25, 0.3) is 0 Å². The van der Waals surface area contributed by atoms with Crippen molar-refractivity contribution in [3.05, 3.63) is 46.2 Å². The summed E-state index contributed by atoms with van der Waals surface area (Å²) in [5, 5.41) is 7.81. The molecule has 27 heavy (non-hydrogen) atoms. The zero-order valence-corrected chi connectivity index (χ0v) is 16.9. The quantitative estimate of drug-likeness (QED) is 0.822. The zero-order valence-electron chi connectivity index (χ0n) is 16.2. The lowest BCUT2D eigenvalue weighted by Gasteiger charge is -2.36. The number of aromatic nitrogens is 2. The lowest BCUT2D eigenvalue weighted by molar-refractivity contribution is 0.0846. The lowest BCUT2D eigenvalue weighted by Crippen LogP contribution is -2.40. The van der Waals surface area contributed by atoms with E-state index < -0.39 is 0 Å². The van der Waals surface area contributed by atoms with Crippen LogP contribution in [0.2, 0.25) is 5.02 Å². The number of nitrogens with one attached hydrogen (secondary N) is 1. The highest BCUT2D eigenvalue weighted by atomic mass is 35.5. The average Bonchev–Trinajstić information content (AvgIpc) is 3.09. The highest BCUT2D eigenvalue weighted by molar-refractivity contribution is 6.31. The Bertz CT molecular complexity index is 799. The number of carbonyl (C=O) groups is 1. The maximum atomic E-state index is 12.8. The van der Waals surface area contributed by atoms with Crippen LogP contribution in [0.4, 0.5) is 5.69 Å². The van der Waals surface area contributed by atoms with Crippen molar-refractivity contribution in [2.45, 2.75) is 39.3 Å². The van der Waals surface area contributed by atoms with E-state index >= 15 is 0 Å². The molecule has 1 aliphatic rings. The van der Waals surface area contributed by atoms with Crippen LogP contribution in [0.15, 0.2) is 24.4 Å². The summed E-state index contributed by atoms with van der Waals surface area (Å²) in [7, 11) is 1.86. The molecule has 1 N–H and O–H groups in total. The Morgan fingerprint density at radius 2 is 2.15 bits per heavy atom. The van der Waals surface area contributed by atoms with E-state index in [0.717, 1.165) is 49.5 Å². The number of hydrogen-bond acceptors (Lipinski definition) is 4. The molecule has 1 aromatic heterocycles. The summed E-state index contributed by atoms with van der Waals surface area (Å²) >= 11 is 6.38. The maximum absolute atomic E-state index is 12.8. The van der Waals surface area contributed by atoms with E-state index in [9.17, 15) is 4.79 Å². The Balaban J connectivity index is 1.82. The molecule has 0 saturated carbocycles. The van der Waals surface area contributed by atoms with Gasteiger partial charge in [0.2, 0.25) is 0 Å². The van der Waals surface area contributed by atoms with Crippen LogP contribution < -0.4 is 10.2 Å². The molecular formula is C20H27ClN4O2. The van der Waals surface area contributed by atoms with E-state index in [-0.39, 0.29) is 5.91 Å². The Labute approximate surface area is 165 Å². The molecule has 6 nitrogen and oxygen atoms in total. The Hall–Kier alpha value is -2.05. The summed E-state index contributed by atoms with van der Waals surface area (Å²) < 4.78 is 7.22. The minimum absolute atomic E-state index is 0.134. The third kappa shape index (κ3) is 4.62. The van der Waals surface area contributed by atoms with E-state index in [1.807, 2.05) is 32.3 Å². The molecule has 1 fully saturated rings. The summed E-state index contributed by atoms with van der Waals surface area (Å²) in [4.78, 5) is 15.1. The molecule has 0 radical (unpaired) electrons. The van der Waals surface area contributed by atoms with Gasteiger partial charge in [0.25, 0.3) is 5.91 Å². The predicted octanol–water partition coefficient (Wildman–Crippen LogP) is 3.32. The first-order chi connectivity index (χ1) is 13.0. The molecule has 2 aromatic rings. The van der Waals surface area contributed by atoms with Gasteiger partial charge in [-0.1, -0.05) is 11.6 Å². The lowest BCUT2D eigenvalue weighted by atomic mass is 10.0. The fourth-order valence-corrected chi connectivity index (χ4v) is 3.86. The van der Waals surface area contributed by atoms with Gasteiger partial charge in [0, 0.05) is 55.3 Å². The largest absolute Gasteiger partial charge is 0.381 e. The van der Waals surface area contributed by atoms with Crippen molar-refractivity contribution in [3.63, 3.8) is 0 Å². The van der Waals surface area contributed by atoms with E-state index in [1.54, 1.807) is 10.7 Å². The van der Waals surface area contributed by atoms with Gasteiger partial charge in [0.15, 0.2) is 0 Å². The van der Waals surface area contributed by atoms with Gasteiger partial charge >= 0.3 is 0 Å². The first kappa shape index (κ1) is 19.7. The average molecular weight is 391 g/mol. The van der Waals surface area contributed by atoms with Crippen LogP contribution >= 0.6 is 11.6 Å². The Morgan fingerprint density at radius 3 is 2.78 bits per heavy atom. The highest BCUT2D eigenvalue weighted by Gasteiger charge is 2.24. The summed E-state index contributed by atoms with van der Waals surface area (Å²) in [6.45, 7) is 6.93. The Morgan fingerprint density at radius 1 is 1.41 bits per heavy atom. The van der Waals surface area contributed by atoms with Crippen LogP contribution in [0.3, 0.4) is 0 Å². The van der Waals surface area contributed by atoms with E-state index in [2.05, 4.69) is 22.2 Å². The number of benzene rings is 1. The maximum Gasteiger partial charge on any atom is 0.251 e. The van der Waals surface area contributed by atoms with Crippen molar-refractivity contribution < 1.29 is 9.53 Å². The molecular weight excluding hydrogens is 364 g/mol. The normalized spacial score (nSPS) is 15.0. The van der Waals surface area contributed by atoms with Crippen molar-refractivity contribution in [1.82, 2.24) is 15.1 Å². The van der Waals surface area contributed by atoms with Crippen molar-refractivity contribution >= 4 is 23.2 Å². The van der Waals surface area contributed by atoms with Gasteiger partial charge in [-0.25, -0.2) is 0 Å². The van der Waals surface area contributed by atoms with Gasteiger partial charge in [-0.2, -0.15) is 5.10 Å². The van der Waals surface area contributed by atoms with Crippen LogP contribution in [0, 0.1) is 6.92 Å². The van der Waals surface area contributed by atoms with E-state index in [1.165, 1.54) is 0 Å². The first-order valence-electron chi connectivity index (χ1n) is 9.40. The van der Waals surface area contributed by atoms with E-state index in [0.29, 0.717) is 23.2 Å². The van der Waals surface area contributed by atoms with Crippen molar-refractivity contribution in [1.29, 1.82) is 0 Å². The number of hydrogen-bond donors (Lipinski definition) is 1. The SMILES string of the molecule is CCN(c1cc(Cl)cc(C(=O)NCc2ccn(C)n2)c1C)C1CCOCC1. The monoisotopic (exact) mass is 390 g/mol. The minimum atomic E-state index is -0.134. The number of carbonyl (C=O) groups excluding carboxylic acids is 1. The smallest absolute Gasteiger partial charge is 0.251 e.